The number of aromatic nitrogens is 2. The summed E-state index contributed by atoms with van der Waals surface area (Å²) in [7, 11) is 1.40. The van der Waals surface area contributed by atoms with Crippen LogP contribution in [0.25, 0.3) is 0 Å². The van der Waals surface area contributed by atoms with E-state index in [9.17, 15) is 8.68 Å². The molecule has 0 bridgehead atoms. The van der Waals surface area contributed by atoms with Crippen molar-refractivity contribution in [3.05, 3.63) is 11.3 Å². The molecule has 0 saturated carbocycles. The molecule has 0 radical (unpaired) electrons. The van der Waals surface area contributed by atoms with E-state index in [-0.39, 0.29) is 30.5 Å². The highest BCUT2D eigenvalue weighted by atomic mass is 32.2. The molecule has 0 fully saturated rings. The molecule has 0 aromatic carbocycles. The molecule has 1 heterocycles. The molecular weight excluding hydrogens is 247 g/mol. The first kappa shape index (κ1) is 15.8. The van der Waals surface area contributed by atoms with E-state index in [1.165, 1.54) is 7.11 Å². The van der Waals surface area contributed by atoms with Crippen molar-refractivity contribution >= 4 is 18.3 Å². The van der Waals surface area contributed by atoms with E-state index in [0.29, 0.717) is 5.56 Å². The minimum Gasteiger partial charge on any atom is -0.480 e. The van der Waals surface area contributed by atoms with Crippen molar-refractivity contribution in [2.24, 2.45) is 0 Å². The molecule has 0 aliphatic carbocycles. The highest BCUT2D eigenvalue weighted by Gasteiger charge is 2.23. The molecule has 0 spiro atoms. The van der Waals surface area contributed by atoms with E-state index in [0.717, 1.165) is 4.09 Å². The summed E-state index contributed by atoms with van der Waals surface area (Å²) in [6, 6.07) is 0. The number of methoxy groups -OCH3 is 1. The largest absolute Gasteiger partial charge is 0.480 e. The van der Waals surface area contributed by atoms with Gasteiger partial charge in [0, 0.05) is 5.56 Å². The Morgan fingerprint density at radius 2 is 2.12 bits per heavy atom. The zero-order chi connectivity index (χ0) is 13.4. The van der Waals surface area contributed by atoms with Gasteiger partial charge in [0.25, 0.3) is 0 Å². The summed E-state index contributed by atoms with van der Waals surface area (Å²) in [6.07, 6.45) is 0. The summed E-state index contributed by atoms with van der Waals surface area (Å²) in [5, 5.41) is 3.73. The quantitative estimate of drug-likeness (QED) is 0.783. The fourth-order valence-corrected chi connectivity index (χ4v) is 1.51. The molecule has 0 aliphatic heterocycles. The van der Waals surface area contributed by atoms with Gasteiger partial charge < -0.3 is 9.47 Å². The Bertz CT molecular complexity index is 369. The van der Waals surface area contributed by atoms with Gasteiger partial charge in [0.05, 0.1) is 13.7 Å². The Morgan fingerprint density at radius 1 is 1.53 bits per heavy atom. The van der Waals surface area contributed by atoms with E-state index >= 15 is 0 Å². The van der Waals surface area contributed by atoms with Gasteiger partial charge in [-0.25, -0.2) is 4.79 Å². The summed E-state index contributed by atoms with van der Waals surface area (Å²) in [5.41, 5.74) is 0.516. The molecule has 1 aromatic heterocycles. The van der Waals surface area contributed by atoms with Crippen molar-refractivity contribution in [3.8, 4) is 5.88 Å². The standard InChI is InChI=1S/C8H11FN2O3S.C2H6/c1-4-14-8(12)6-5(2)7(13-3)10-11(6)15-9;1-2/h4H2,1-3H3;1-2H3. The molecule has 98 valence electrons. The summed E-state index contributed by atoms with van der Waals surface area (Å²) in [5.74, 6) is -0.404. The van der Waals surface area contributed by atoms with Crippen LogP contribution in [0.2, 0.25) is 0 Å². The van der Waals surface area contributed by atoms with Crippen LogP contribution in [0.5, 0.6) is 5.88 Å². The number of rotatable bonds is 4. The Labute approximate surface area is 105 Å². The van der Waals surface area contributed by atoms with Crippen molar-refractivity contribution < 1.29 is 18.2 Å². The van der Waals surface area contributed by atoms with Crippen molar-refractivity contribution in [2.45, 2.75) is 27.7 Å². The van der Waals surface area contributed by atoms with E-state index in [2.05, 4.69) is 5.10 Å². The van der Waals surface area contributed by atoms with Gasteiger partial charge in [0.15, 0.2) is 18.0 Å². The van der Waals surface area contributed by atoms with Gasteiger partial charge in [-0.3, -0.25) is 0 Å². The highest BCUT2D eigenvalue weighted by Crippen LogP contribution is 2.24. The van der Waals surface area contributed by atoms with Gasteiger partial charge >= 0.3 is 5.97 Å². The van der Waals surface area contributed by atoms with E-state index in [4.69, 9.17) is 9.47 Å². The summed E-state index contributed by atoms with van der Waals surface area (Å²) in [6.45, 7) is 7.52. The topological polar surface area (TPSA) is 53.4 Å². The Hall–Kier alpha value is -1.24. The molecule has 0 unspecified atom stereocenters. The molecule has 1 rings (SSSR count). The molecule has 5 nitrogen and oxygen atoms in total. The molecule has 1 aromatic rings. The number of esters is 1. The molecular formula is C10H17FN2O3S. The van der Waals surface area contributed by atoms with Crippen LogP contribution in [0.3, 0.4) is 0 Å². The lowest BCUT2D eigenvalue weighted by atomic mass is 10.3. The summed E-state index contributed by atoms with van der Waals surface area (Å²) < 4.78 is 23.0. The second-order valence-electron chi connectivity index (χ2n) is 2.65. The predicted octanol–water partition coefficient (Wildman–Crippen LogP) is 2.78. The lowest BCUT2D eigenvalue weighted by Gasteiger charge is -2.01. The minimum atomic E-state index is -0.615. The molecule has 0 saturated heterocycles. The van der Waals surface area contributed by atoms with Crippen molar-refractivity contribution in [1.82, 2.24) is 9.19 Å². The zero-order valence-corrected chi connectivity index (χ0v) is 11.4. The third-order valence-corrected chi connectivity index (χ3v) is 2.17. The Kier molecular flexibility index (Phi) is 7.36. The summed E-state index contributed by atoms with van der Waals surface area (Å²) in [4.78, 5) is 11.5. The Morgan fingerprint density at radius 3 is 2.53 bits per heavy atom. The van der Waals surface area contributed by atoms with Crippen LogP contribution >= 0.6 is 12.3 Å². The fourth-order valence-electron chi connectivity index (χ4n) is 1.13. The maximum atomic E-state index is 12.5. The molecule has 0 atom stereocenters. The third kappa shape index (κ3) is 3.62. The maximum Gasteiger partial charge on any atom is 0.358 e. The number of carbonyl (C=O) groups is 1. The van der Waals surface area contributed by atoms with Gasteiger partial charge in [0.2, 0.25) is 5.88 Å². The van der Waals surface area contributed by atoms with Crippen LogP contribution < -0.4 is 4.74 Å². The van der Waals surface area contributed by atoms with Gasteiger partial charge in [-0.1, -0.05) is 13.8 Å². The molecule has 0 N–H and O–H groups in total. The predicted molar refractivity (Wildman–Crippen MR) is 64.9 cm³/mol. The number of hydrogen-bond acceptors (Lipinski definition) is 5. The number of ether oxygens (including phenoxy) is 2. The van der Waals surface area contributed by atoms with Gasteiger partial charge in [-0.2, -0.15) is 4.09 Å². The molecule has 17 heavy (non-hydrogen) atoms. The average molecular weight is 264 g/mol. The minimum absolute atomic E-state index is 0.0567. The lowest BCUT2D eigenvalue weighted by molar-refractivity contribution is 0.0516. The lowest BCUT2D eigenvalue weighted by Crippen LogP contribution is -2.10. The van der Waals surface area contributed by atoms with Crippen molar-refractivity contribution in [1.29, 1.82) is 0 Å². The maximum absolute atomic E-state index is 12.5. The number of halogens is 1. The first-order valence-electron chi connectivity index (χ1n) is 5.25. The smallest absolute Gasteiger partial charge is 0.358 e. The monoisotopic (exact) mass is 264 g/mol. The molecule has 0 amide bonds. The second-order valence-corrected chi connectivity index (χ2v) is 3.13. The fraction of sp³-hybridized carbons (Fsp3) is 0.600. The number of hydrogen-bond donors (Lipinski definition) is 0. The molecule has 0 aliphatic rings. The van der Waals surface area contributed by atoms with Crippen LogP contribution in [0, 0.1) is 6.92 Å². The van der Waals surface area contributed by atoms with Crippen LogP contribution in [0.15, 0.2) is 0 Å². The average Bonchev–Trinajstić information content (AvgIpc) is 2.68. The SMILES string of the molecule is CC.CCOC(=O)c1c(C)c(OC)nn1SF. The summed E-state index contributed by atoms with van der Waals surface area (Å²) >= 11 is -0.175. The number of carbonyl (C=O) groups excluding carboxylic acids is 1. The van der Waals surface area contributed by atoms with Gasteiger partial charge in [0.1, 0.15) is 0 Å². The van der Waals surface area contributed by atoms with Crippen molar-refractivity contribution in [2.75, 3.05) is 13.7 Å². The van der Waals surface area contributed by atoms with E-state index < -0.39 is 5.97 Å². The van der Waals surface area contributed by atoms with E-state index in [1.54, 1.807) is 13.8 Å². The third-order valence-electron chi connectivity index (χ3n) is 1.78. The van der Waals surface area contributed by atoms with Gasteiger partial charge in [-0.05, 0) is 13.8 Å². The van der Waals surface area contributed by atoms with E-state index in [1.807, 2.05) is 13.8 Å². The Balaban J connectivity index is 0.00000121. The highest BCUT2D eigenvalue weighted by molar-refractivity contribution is 7.92. The normalized spacial score (nSPS) is 9.29. The van der Waals surface area contributed by atoms with Crippen LogP contribution in [-0.2, 0) is 4.74 Å². The second kappa shape index (κ2) is 7.94. The van der Waals surface area contributed by atoms with Gasteiger partial charge in [-0.15, -0.1) is 8.98 Å². The zero-order valence-electron chi connectivity index (χ0n) is 10.6. The molecule has 7 heteroatoms. The van der Waals surface area contributed by atoms with Crippen LogP contribution in [-0.4, -0.2) is 28.9 Å². The van der Waals surface area contributed by atoms with Crippen LogP contribution in [0.4, 0.5) is 3.89 Å². The van der Waals surface area contributed by atoms with Crippen LogP contribution in [0.1, 0.15) is 36.8 Å². The number of nitrogens with zero attached hydrogens (tertiary/aromatic N) is 2. The van der Waals surface area contributed by atoms with Crippen molar-refractivity contribution in [3.63, 3.8) is 0 Å². The first-order valence-corrected chi connectivity index (χ1v) is 5.92. The first-order chi connectivity index (χ1) is 8.15.